The predicted octanol–water partition coefficient (Wildman–Crippen LogP) is 2.07. The van der Waals surface area contributed by atoms with Crippen molar-refractivity contribution in [2.24, 2.45) is 0 Å². The van der Waals surface area contributed by atoms with E-state index in [2.05, 4.69) is 15.4 Å². The number of ether oxygens (including phenoxy) is 1. The number of nitrogens with zero attached hydrogens (tertiary/aromatic N) is 3. The van der Waals surface area contributed by atoms with E-state index < -0.39 is 35.8 Å². The number of amides is 1. The van der Waals surface area contributed by atoms with Gasteiger partial charge in [-0.1, -0.05) is 0 Å². The lowest BCUT2D eigenvalue weighted by molar-refractivity contribution is -0.166. The molecule has 3 rings (SSSR count). The van der Waals surface area contributed by atoms with E-state index in [0.717, 1.165) is 18.2 Å². The Morgan fingerprint density at radius 2 is 2.00 bits per heavy atom. The molecule has 1 amide bonds. The maximum Gasteiger partial charge on any atom is 0.416 e. The lowest BCUT2D eigenvalue weighted by Crippen LogP contribution is -2.38. The van der Waals surface area contributed by atoms with Gasteiger partial charge in [0.05, 0.1) is 16.9 Å². The minimum absolute atomic E-state index is 0.152. The normalized spacial score (nSPS) is 16.0. The summed E-state index contributed by atoms with van der Waals surface area (Å²) in [6.45, 7) is -0.742. The lowest BCUT2D eigenvalue weighted by atomic mass is 10.0. The van der Waals surface area contributed by atoms with Crippen LogP contribution >= 0.6 is 0 Å². The number of carbonyl (C=O) groups is 2. The summed E-state index contributed by atoms with van der Waals surface area (Å²) in [5.74, 6) is -1.77. The summed E-state index contributed by atoms with van der Waals surface area (Å²) in [6, 6.07) is 2.74. The fraction of sp³-hybridized carbons (Fsp3) is 0.412. The molecule has 1 saturated carbocycles. The Morgan fingerprint density at radius 3 is 2.61 bits per heavy atom. The standard InChI is InChI=1S/C17H17F3N4O4/c18-17(19,20)11-3-4-13(24-10-21-9-22-24)12(7-11)23-14(25)8-28-15(26)16(27)5-1-2-6-16/h3-4,7,9-10,27H,1-2,5-6,8H2,(H,23,25). The summed E-state index contributed by atoms with van der Waals surface area (Å²) in [5, 5.41) is 16.2. The molecule has 0 saturated heterocycles. The van der Waals surface area contributed by atoms with Gasteiger partial charge in [-0.3, -0.25) is 4.79 Å². The van der Waals surface area contributed by atoms with Crippen molar-refractivity contribution in [1.29, 1.82) is 0 Å². The van der Waals surface area contributed by atoms with Crippen LogP contribution in [0.15, 0.2) is 30.9 Å². The smallest absolute Gasteiger partial charge is 0.416 e. The summed E-state index contributed by atoms with van der Waals surface area (Å²) in [6.07, 6.45) is -0.332. The summed E-state index contributed by atoms with van der Waals surface area (Å²) in [4.78, 5) is 27.8. The quantitative estimate of drug-likeness (QED) is 0.747. The molecule has 0 radical (unpaired) electrons. The zero-order valence-corrected chi connectivity index (χ0v) is 14.6. The molecule has 1 aromatic heterocycles. The molecule has 0 unspecified atom stereocenters. The van der Waals surface area contributed by atoms with E-state index in [1.54, 1.807) is 0 Å². The van der Waals surface area contributed by atoms with Crippen molar-refractivity contribution in [3.8, 4) is 5.69 Å². The highest BCUT2D eigenvalue weighted by Crippen LogP contribution is 2.33. The molecule has 1 aliphatic carbocycles. The van der Waals surface area contributed by atoms with Crippen LogP contribution in [-0.4, -0.2) is 44.0 Å². The molecule has 2 N–H and O–H groups in total. The van der Waals surface area contributed by atoms with Crippen LogP contribution in [-0.2, 0) is 20.5 Å². The fourth-order valence-electron chi connectivity index (χ4n) is 2.96. The monoisotopic (exact) mass is 398 g/mol. The number of benzene rings is 1. The Bertz CT molecular complexity index is 862. The second kappa shape index (κ2) is 7.58. The SMILES string of the molecule is O=C(COC(=O)C1(O)CCCC1)Nc1cc(C(F)(F)F)ccc1-n1cncn1. The van der Waals surface area contributed by atoms with Gasteiger partial charge in [0.25, 0.3) is 5.91 Å². The summed E-state index contributed by atoms with van der Waals surface area (Å²) < 4.78 is 45.0. The number of carbonyl (C=O) groups excluding carboxylic acids is 2. The van der Waals surface area contributed by atoms with E-state index in [4.69, 9.17) is 4.74 Å². The minimum atomic E-state index is -4.61. The highest BCUT2D eigenvalue weighted by molar-refractivity contribution is 5.95. The molecule has 150 valence electrons. The molecule has 0 spiro atoms. The van der Waals surface area contributed by atoms with E-state index in [1.807, 2.05) is 0 Å². The Balaban J connectivity index is 1.74. The number of alkyl halides is 3. The molecular formula is C17H17F3N4O4. The van der Waals surface area contributed by atoms with Gasteiger partial charge in [-0.25, -0.2) is 14.5 Å². The van der Waals surface area contributed by atoms with Gasteiger partial charge in [-0.05, 0) is 43.9 Å². The molecule has 1 aliphatic rings. The van der Waals surface area contributed by atoms with Crippen LogP contribution in [0.3, 0.4) is 0 Å². The van der Waals surface area contributed by atoms with Crippen molar-refractivity contribution in [1.82, 2.24) is 14.8 Å². The first-order chi connectivity index (χ1) is 13.2. The zero-order valence-electron chi connectivity index (χ0n) is 14.6. The first kappa shape index (κ1) is 19.8. The molecule has 1 heterocycles. The third kappa shape index (κ3) is 4.30. The number of hydrogen-bond acceptors (Lipinski definition) is 6. The maximum atomic E-state index is 13.0. The van der Waals surface area contributed by atoms with Crippen LogP contribution in [0.25, 0.3) is 5.69 Å². The number of aromatic nitrogens is 3. The van der Waals surface area contributed by atoms with Gasteiger partial charge >= 0.3 is 12.1 Å². The number of halogens is 3. The first-order valence-corrected chi connectivity index (χ1v) is 8.45. The maximum absolute atomic E-state index is 13.0. The van der Waals surface area contributed by atoms with E-state index in [0.29, 0.717) is 12.8 Å². The molecular weight excluding hydrogens is 381 g/mol. The topological polar surface area (TPSA) is 106 Å². The predicted molar refractivity (Wildman–Crippen MR) is 89.4 cm³/mol. The van der Waals surface area contributed by atoms with Crippen molar-refractivity contribution in [2.75, 3.05) is 11.9 Å². The number of anilines is 1. The molecule has 2 aromatic rings. The Hall–Kier alpha value is -2.95. The molecule has 0 aliphatic heterocycles. The summed E-state index contributed by atoms with van der Waals surface area (Å²) in [7, 11) is 0. The molecule has 1 fully saturated rings. The van der Waals surface area contributed by atoms with Crippen LogP contribution in [0.4, 0.5) is 18.9 Å². The third-order valence-electron chi connectivity index (χ3n) is 4.41. The van der Waals surface area contributed by atoms with Gasteiger partial charge in [0.2, 0.25) is 0 Å². The van der Waals surface area contributed by atoms with Gasteiger partial charge in [0, 0.05) is 0 Å². The largest absolute Gasteiger partial charge is 0.453 e. The molecule has 11 heteroatoms. The number of hydrogen-bond donors (Lipinski definition) is 2. The van der Waals surface area contributed by atoms with Crippen molar-refractivity contribution in [2.45, 2.75) is 37.5 Å². The van der Waals surface area contributed by atoms with Crippen LogP contribution < -0.4 is 5.32 Å². The van der Waals surface area contributed by atoms with Gasteiger partial charge in [-0.2, -0.15) is 18.3 Å². The summed E-state index contributed by atoms with van der Waals surface area (Å²) in [5.41, 5.74) is -2.60. The highest BCUT2D eigenvalue weighted by atomic mass is 19.4. The van der Waals surface area contributed by atoms with Gasteiger partial charge in [0.1, 0.15) is 12.7 Å². The van der Waals surface area contributed by atoms with Crippen LogP contribution in [0.2, 0.25) is 0 Å². The third-order valence-corrected chi connectivity index (χ3v) is 4.41. The number of nitrogens with one attached hydrogen (secondary N) is 1. The Labute approximate surface area is 157 Å². The second-order valence-corrected chi connectivity index (χ2v) is 6.43. The zero-order chi connectivity index (χ0) is 20.4. The van der Waals surface area contributed by atoms with E-state index in [9.17, 15) is 27.9 Å². The van der Waals surface area contributed by atoms with Gasteiger partial charge in [0.15, 0.2) is 12.2 Å². The van der Waals surface area contributed by atoms with Gasteiger partial charge in [-0.15, -0.1) is 0 Å². The van der Waals surface area contributed by atoms with Gasteiger partial charge < -0.3 is 15.2 Å². The molecule has 8 nitrogen and oxygen atoms in total. The average Bonchev–Trinajstić information content (AvgIpc) is 3.31. The average molecular weight is 398 g/mol. The lowest BCUT2D eigenvalue weighted by Gasteiger charge is -2.19. The minimum Gasteiger partial charge on any atom is -0.453 e. The Kier molecular flexibility index (Phi) is 5.36. The summed E-state index contributed by atoms with van der Waals surface area (Å²) >= 11 is 0. The first-order valence-electron chi connectivity index (χ1n) is 8.45. The van der Waals surface area contributed by atoms with Crippen LogP contribution in [0.5, 0.6) is 0 Å². The molecule has 28 heavy (non-hydrogen) atoms. The van der Waals surface area contributed by atoms with Crippen molar-refractivity contribution in [3.63, 3.8) is 0 Å². The Morgan fingerprint density at radius 1 is 1.29 bits per heavy atom. The van der Waals surface area contributed by atoms with E-state index in [-0.39, 0.29) is 24.2 Å². The number of esters is 1. The van der Waals surface area contributed by atoms with Crippen molar-refractivity contribution >= 4 is 17.6 Å². The molecule has 1 aromatic carbocycles. The van der Waals surface area contributed by atoms with E-state index >= 15 is 0 Å². The van der Waals surface area contributed by atoms with Crippen LogP contribution in [0, 0.1) is 0 Å². The highest BCUT2D eigenvalue weighted by Gasteiger charge is 2.40. The second-order valence-electron chi connectivity index (χ2n) is 6.43. The number of aliphatic hydroxyl groups is 1. The fourth-order valence-corrected chi connectivity index (χ4v) is 2.96. The van der Waals surface area contributed by atoms with Crippen molar-refractivity contribution in [3.05, 3.63) is 36.4 Å². The molecule has 0 bridgehead atoms. The molecule has 0 atom stereocenters. The van der Waals surface area contributed by atoms with Crippen molar-refractivity contribution < 1.29 is 32.6 Å². The van der Waals surface area contributed by atoms with E-state index in [1.165, 1.54) is 17.3 Å². The number of rotatable bonds is 5. The van der Waals surface area contributed by atoms with Crippen LogP contribution in [0.1, 0.15) is 31.2 Å².